The average molecular weight is 550 g/mol. The summed E-state index contributed by atoms with van der Waals surface area (Å²) in [5.41, 5.74) is 1.10. The molecule has 40 heavy (non-hydrogen) atoms. The van der Waals surface area contributed by atoms with Gasteiger partial charge in [-0.2, -0.15) is 4.99 Å². The highest BCUT2D eigenvalue weighted by Crippen LogP contribution is 2.37. The van der Waals surface area contributed by atoms with E-state index in [1.54, 1.807) is 19.2 Å². The molecule has 12 nitrogen and oxygen atoms in total. The van der Waals surface area contributed by atoms with E-state index in [0.29, 0.717) is 42.5 Å². The molecule has 1 fully saturated rings. The molecule has 4 heterocycles. The van der Waals surface area contributed by atoms with Crippen LogP contribution in [0.4, 0.5) is 11.6 Å². The van der Waals surface area contributed by atoms with E-state index < -0.39 is 5.91 Å². The van der Waals surface area contributed by atoms with Gasteiger partial charge >= 0.3 is 0 Å². The fourth-order valence-electron chi connectivity index (χ4n) is 5.21. The zero-order chi connectivity index (χ0) is 28.2. The summed E-state index contributed by atoms with van der Waals surface area (Å²) >= 11 is 0. The van der Waals surface area contributed by atoms with Gasteiger partial charge in [-0.3, -0.25) is 19.1 Å². The van der Waals surface area contributed by atoms with Crippen LogP contribution in [0.5, 0.6) is 11.5 Å². The van der Waals surface area contributed by atoms with Gasteiger partial charge in [-0.05, 0) is 44.5 Å². The average Bonchev–Trinajstić information content (AvgIpc) is 3.41. The van der Waals surface area contributed by atoms with E-state index in [-0.39, 0.29) is 29.3 Å². The molecule has 0 radical (unpaired) electrons. The van der Waals surface area contributed by atoms with Crippen molar-refractivity contribution in [2.45, 2.75) is 45.9 Å². The van der Waals surface area contributed by atoms with Gasteiger partial charge in [0.15, 0.2) is 11.5 Å². The van der Waals surface area contributed by atoms with Crippen LogP contribution in [0.25, 0.3) is 10.9 Å². The number of pyridine rings is 1. The molecule has 5 rings (SSSR count). The van der Waals surface area contributed by atoms with Crippen molar-refractivity contribution in [3.8, 4) is 11.5 Å². The molecule has 1 saturated heterocycles. The minimum Gasteiger partial charge on any atom is -0.491 e. The first kappa shape index (κ1) is 27.5. The molecule has 2 N–H and O–H groups in total. The number of anilines is 2. The first-order valence-electron chi connectivity index (χ1n) is 13.5. The number of nitrogens with one attached hydrogen (secondary N) is 2. The summed E-state index contributed by atoms with van der Waals surface area (Å²) in [7, 11) is 1.58. The number of carbonyl (C=O) groups excluding carboxylic acids is 2. The Morgan fingerprint density at radius 1 is 1.20 bits per heavy atom. The molecule has 2 aliphatic heterocycles. The predicted octanol–water partition coefficient (Wildman–Crippen LogP) is 2.44. The second kappa shape index (κ2) is 12.0. The lowest BCUT2D eigenvalue weighted by Gasteiger charge is -2.35. The van der Waals surface area contributed by atoms with Crippen molar-refractivity contribution < 1.29 is 23.8 Å². The molecule has 2 aliphatic rings. The van der Waals surface area contributed by atoms with Gasteiger partial charge in [-0.15, -0.1) is 0 Å². The van der Waals surface area contributed by atoms with E-state index >= 15 is 0 Å². The maximum Gasteiger partial charge on any atom is 0.281 e. The van der Waals surface area contributed by atoms with Gasteiger partial charge in [0.05, 0.1) is 31.5 Å². The summed E-state index contributed by atoms with van der Waals surface area (Å²) in [4.78, 5) is 39.9. The summed E-state index contributed by atoms with van der Waals surface area (Å²) < 4.78 is 19.6. The zero-order valence-electron chi connectivity index (χ0n) is 23.3. The maximum atomic E-state index is 13.0. The quantitative estimate of drug-likeness (QED) is 0.407. The highest BCUT2D eigenvalue weighted by molar-refractivity contribution is 5.97. The van der Waals surface area contributed by atoms with Gasteiger partial charge in [0.1, 0.15) is 17.2 Å². The Balaban J connectivity index is 1.38. The van der Waals surface area contributed by atoms with Crippen molar-refractivity contribution in [2.24, 2.45) is 4.99 Å². The molecule has 212 valence electrons. The number of fused-ring (bicyclic) bond motifs is 3. The summed E-state index contributed by atoms with van der Waals surface area (Å²) in [6, 6.07) is 6.97. The number of benzene rings is 1. The molecule has 2 aromatic heterocycles. The number of ether oxygens (including phenoxy) is 3. The van der Waals surface area contributed by atoms with Crippen LogP contribution in [0.15, 0.2) is 35.5 Å². The molecule has 0 spiro atoms. The number of morpholine rings is 1. The second-order valence-corrected chi connectivity index (χ2v) is 10.1. The Hall–Kier alpha value is -4.03. The Kier molecular flexibility index (Phi) is 8.27. The van der Waals surface area contributed by atoms with Crippen LogP contribution in [0.2, 0.25) is 0 Å². The molecule has 2 amide bonds. The van der Waals surface area contributed by atoms with Gasteiger partial charge in [0.2, 0.25) is 11.5 Å². The largest absolute Gasteiger partial charge is 0.491 e. The minimum atomic E-state index is -0.492. The molecule has 0 unspecified atom stereocenters. The third-order valence-electron chi connectivity index (χ3n) is 6.79. The van der Waals surface area contributed by atoms with Crippen LogP contribution < -0.4 is 25.7 Å². The van der Waals surface area contributed by atoms with Gasteiger partial charge in [-0.1, -0.05) is 0 Å². The summed E-state index contributed by atoms with van der Waals surface area (Å²) in [5.74, 6) is 1.52. The third-order valence-corrected chi connectivity index (χ3v) is 6.79. The molecule has 0 saturated carbocycles. The van der Waals surface area contributed by atoms with E-state index in [1.165, 1.54) is 13.1 Å². The lowest BCUT2D eigenvalue weighted by Crippen LogP contribution is -2.45. The van der Waals surface area contributed by atoms with Gasteiger partial charge in [0, 0.05) is 51.2 Å². The van der Waals surface area contributed by atoms with E-state index in [0.717, 1.165) is 37.3 Å². The monoisotopic (exact) mass is 549 g/mol. The van der Waals surface area contributed by atoms with Crippen molar-refractivity contribution >= 4 is 34.4 Å². The number of amides is 2. The second-order valence-electron chi connectivity index (χ2n) is 10.1. The van der Waals surface area contributed by atoms with E-state index in [1.807, 2.05) is 16.7 Å². The highest BCUT2D eigenvalue weighted by Gasteiger charge is 2.23. The smallest absolute Gasteiger partial charge is 0.281 e. The topological polar surface area (TPSA) is 132 Å². The summed E-state index contributed by atoms with van der Waals surface area (Å²) in [5, 5.41) is 6.81. The SMILES string of the molecule is COc1c(OCCCN2C[C@@H](C)O[C@@H](C)C2)ccc2c3n(c(=NC(=O)c4ccc(NC(C)=O)nc4)nc12)CCN3. The lowest BCUT2D eigenvalue weighted by molar-refractivity contribution is -0.114. The Morgan fingerprint density at radius 2 is 2.00 bits per heavy atom. The molecular formula is C28H35N7O5. The van der Waals surface area contributed by atoms with E-state index in [9.17, 15) is 9.59 Å². The minimum absolute atomic E-state index is 0.232. The summed E-state index contributed by atoms with van der Waals surface area (Å²) in [6.45, 7) is 10.2. The molecular weight excluding hydrogens is 514 g/mol. The number of methoxy groups -OCH3 is 1. The van der Waals surface area contributed by atoms with Crippen LogP contribution in [0, 0.1) is 0 Å². The molecule has 0 bridgehead atoms. The fourth-order valence-corrected chi connectivity index (χ4v) is 5.21. The van der Waals surface area contributed by atoms with Crippen molar-refractivity contribution in [2.75, 3.05) is 50.5 Å². The van der Waals surface area contributed by atoms with Crippen LogP contribution in [0.3, 0.4) is 0 Å². The number of nitrogens with zero attached hydrogens (tertiary/aromatic N) is 5. The number of hydrogen-bond acceptors (Lipinski definition) is 9. The molecule has 3 aromatic rings. The summed E-state index contributed by atoms with van der Waals surface area (Å²) in [6.07, 6.45) is 2.71. The van der Waals surface area contributed by atoms with Crippen LogP contribution in [-0.4, -0.2) is 83.4 Å². The Morgan fingerprint density at radius 3 is 2.70 bits per heavy atom. The van der Waals surface area contributed by atoms with Crippen LogP contribution in [0.1, 0.15) is 37.6 Å². The highest BCUT2D eigenvalue weighted by atomic mass is 16.5. The molecule has 0 aliphatic carbocycles. The number of rotatable bonds is 8. The van der Waals surface area contributed by atoms with Gasteiger partial charge < -0.3 is 24.8 Å². The Labute approximate surface area is 232 Å². The van der Waals surface area contributed by atoms with Crippen molar-refractivity contribution in [1.82, 2.24) is 19.4 Å². The Bertz CT molecular complexity index is 1460. The van der Waals surface area contributed by atoms with Crippen molar-refractivity contribution in [3.63, 3.8) is 0 Å². The van der Waals surface area contributed by atoms with E-state index in [2.05, 4.69) is 39.4 Å². The molecule has 12 heteroatoms. The lowest BCUT2D eigenvalue weighted by atomic mass is 10.2. The normalized spacial score (nSPS) is 19.2. The number of carbonyl (C=O) groups is 2. The number of aromatic nitrogens is 3. The number of hydrogen-bond donors (Lipinski definition) is 2. The first-order valence-corrected chi connectivity index (χ1v) is 13.5. The maximum absolute atomic E-state index is 13.0. The van der Waals surface area contributed by atoms with Crippen LogP contribution in [-0.2, 0) is 16.1 Å². The van der Waals surface area contributed by atoms with Crippen molar-refractivity contribution in [3.05, 3.63) is 41.6 Å². The van der Waals surface area contributed by atoms with E-state index in [4.69, 9.17) is 19.2 Å². The van der Waals surface area contributed by atoms with Gasteiger partial charge in [0.25, 0.3) is 5.91 Å². The van der Waals surface area contributed by atoms with Crippen LogP contribution >= 0.6 is 0 Å². The first-order chi connectivity index (χ1) is 19.3. The standard InChI is InChI=1S/C28H35N7O5/c1-17-15-34(16-18(2)40-17)11-5-13-39-22-8-7-21-24(25(22)38-4)32-28(35-12-10-29-26(21)35)33-27(37)20-6-9-23(30-14-20)31-19(3)36/h6-9,14,17-18,29H,5,10-13,15-16H2,1-4H3,(H,30,31,36)/t17-,18+. The fraction of sp³-hybridized carbons (Fsp3) is 0.464. The third kappa shape index (κ3) is 6.07. The van der Waals surface area contributed by atoms with Gasteiger partial charge in [-0.25, -0.2) is 9.97 Å². The zero-order valence-corrected chi connectivity index (χ0v) is 23.3. The predicted molar refractivity (Wildman–Crippen MR) is 150 cm³/mol. The molecule has 2 atom stereocenters. The molecule has 1 aromatic carbocycles. The van der Waals surface area contributed by atoms with Crippen molar-refractivity contribution in [1.29, 1.82) is 0 Å².